The number of benzene rings is 2. The van der Waals surface area contributed by atoms with Crippen LogP contribution >= 0.6 is 15.9 Å². The SMILES string of the molecule is Brc1cccc(-c2nc(-c3ccccc3)cc(-c3ccncc3)n2)c1. The fraction of sp³-hybridized carbons (Fsp3) is 0. The van der Waals surface area contributed by atoms with Gasteiger partial charge in [-0.25, -0.2) is 9.97 Å². The molecule has 2 aromatic heterocycles. The first-order valence-electron chi connectivity index (χ1n) is 7.90. The molecule has 0 aliphatic carbocycles. The molecule has 0 aliphatic rings. The Hall–Kier alpha value is -2.85. The van der Waals surface area contributed by atoms with Crippen LogP contribution in [0.1, 0.15) is 0 Å². The average molecular weight is 388 g/mol. The molecule has 0 unspecified atom stereocenters. The van der Waals surface area contributed by atoms with E-state index in [0.717, 1.165) is 32.6 Å². The third kappa shape index (κ3) is 3.49. The predicted molar refractivity (Wildman–Crippen MR) is 104 cm³/mol. The van der Waals surface area contributed by atoms with Gasteiger partial charge in [0.25, 0.3) is 0 Å². The molecule has 0 saturated heterocycles. The fourth-order valence-corrected chi connectivity index (χ4v) is 3.03. The van der Waals surface area contributed by atoms with E-state index < -0.39 is 0 Å². The molecule has 0 saturated carbocycles. The summed E-state index contributed by atoms with van der Waals surface area (Å²) in [6, 6.07) is 24.1. The Bertz CT molecular complexity index is 944. The number of hydrogen-bond acceptors (Lipinski definition) is 3. The van der Waals surface area contributed by atoms with Gasteiger partial charge in [0, 0.05) is 33.6 Å². The molecule has 0 radical (unpaired) electrons. The largest absolute Gasteiger partial charge is 0.265 e. The lowest BCUT2D eigenvalue weighted by Gasteiger charge is -2.09. The number of hydrogen-bond donors (Lipinski definition) is 0. The minimum Gasteiger partial charge on any atom is -0.265 e. The van der Waals surface area contributed by atoms with E-state index >= 15 is 0 Å². The van der Waals surface area contributed by atoms with Crippen molar-refractivity contribution in [2.24, 2.45) is 0 Å². The molecule has 0 amide bonds. The molecular weight excluding hydrogens is 374 g/mol. The van der Waals surface area contributed by atoms with Crippen LogP contribution in [0.2, 0.25) is 0 Å². The van der Waals surface area contributed by atoms with Gasteiger partial charge in [-0.1, -0.05) is 58.4 Å². The van der Waals surface area contributed by atoms with Crippen LogP contribution in [-0.4, -0.2) is 15.0 Å². The lowest BCUT2D eigenvalue weighted by atomic mass is 10.1. The Balaban J connectivity index is 1.92. The smallest absolute Gasteiger partial charge is 0.160 e. The number of rotatable bonds is 3. The minimum absolute atomic E-state index is 0.703. The van der Waals surface area contributed by atoms with Crippen molar-refractivity contribution in [3.8, 4) is 33.9 Å². The van der Waals surface area contributed by atoms with Gasteiger partial charge in [0.1, 0.15) is 0 Å². The number of aromatic nitrogens is 3. The fourth-order valence-electron chi connectivity index (χ4n) is 2.63. The molecule has 0 bridgehead atoms. The minimum atomic E-state index is 0.703. The second kappa shape index (κ2) is 6.95. The summed E-state index contributed by atoms with van der Waals surface area (Å²) in [5, 5.41) is 0. The molecule has 0 fully saturated rings. The van der Waals surface area contributed by atoms with Crippen LogP contribution in [0, 0.1) is 0 Å². The summed E-state index contributed by atoms with van der Waals surface area (Å²) < 4.78 is 1.00. The molecule has 120 valence electrons. The van der Waals surface area contributed by atoms with Crippen molar-refractivity contribution in [1.29, 1.82) is 0 Å². The molecule has 4 aromatic rings. The summed E-state index contributed by atoms with van der Waals surface area (Å²) in [7, 11) is 0. The zero-order chi connectivity index (χ0) is 17.1. The molecule has 3 nitrogen and oxygen atoms in total. The van der Waals surface area contributed by atoms with Gasteiger partial charge in [0.2, 0.25) is 0 Å². The maximum Gasteiger partial charge on any atom is 0.160 e. The van der Waals surface area contributed by atoms with Gasteiger partial charge in [0.15, 0.2) is 5.82 Å². The van der Waals surface area contributed by atoms with E-state index in [9.17, 15) is 0 Å². The van der Waals surface area contributed by atoms with Crippen LogP contribution in [0.3, 0.4) is 0 Å². The van der Waals surface area contributed by atoms with E-state index in [1.165, 1.54) is 0 Å². The van der Waals surface area contributed by atoms with Gasteiger partial charge in [-0.15, -0.1) is 0 Å². The predicted octanol–water partition coefficient (Wildman–Crippen LogP) is 5.64. The summed E-state index contributed by atoms with van der Waals surface area (Å²) in [4.78, 5) is 13.7. The van der Waals surface area contributed by atoms with Gasteiger partial charge in [-0.05, 0) is 30.3 Å². The maximum atomic E-state index is 4.79. The molecule has 4 heteroatoms. The summed E-state index contributed by atoms with van der Waals surface area (Å²) >= 11 is 3.52. The molecule has 4 rings (SSSR count). The van der Waals surface area contributed by atoms with Gasteiger partial charge >= 0.3 is 0 Å². The number of pyridine rings is 1. The first-order chi connectivity index (χ1) is 12.3. The van der Waals surface area contributed by atoms with Crippen LogP contribution in [0.5, 0.6) is 0 Å². The Kier molecular flexibility index (Phi) is 4.36. The topological polar surface area (TPSA) is 38.7 Å². The van der Waals surface area contributed by atoms with Gasteiger partial charge in [-0.2, -0.15) is 0 Å². The third-order valence-electron chi connectivity index (χ3n) is 3.85. The van der Waals surface area contributed by atoms with Crippen LogP contribution in [0.4, 0.5) is 0 Å². The van der Waals surface area contributed by atoms with E-state index in [-0.39, 0.29) is 0 Å². The van der Waals surface area contributed by atoms with Crippen LogP contribution in [0.25, 0.3) is 33.9 Å². The second-order valence-corrected chi connectivity index (χ2v) is 6.49. The standard InChI is InChI=1S/C21H14BrN3/c22-18-8-4-7-17(13-18)21-24-19(15-5-2-1-3-6-15)14-20(25-21)16-9-11-23-12-10-16/h1-14H. The highest BCUT2D eigenvalue weighted by Crippen LogP contribution is 2.28. The van der Waals surface area contributed by atoms with E-state index in [1.807, 2.05) is 60.7 Å². The van der Waals surface area contributed by atoms with Crippen molar-refractivity contribution in [3.63, 3.8) is 0 Å². The van der Waals surface area contributed by atoms with Crippen LogP contribution in [-0.2, 0) is 0 Å². The van der Waals surface area contributed by atoms with Crippen molar-refractivity contribution < 1.29 is 0 Å². The zero-order valence-electron chi connectivity index (χ0n) is 13.3. The van der Waals surface area contributed by atoms with Gasteiger partial charge in [0.05, 0.1) is 11.4 Å². The second-order valence-electron chi connectivity index (χ2n) is 5.57. The highest BCUT2D eigenvalue weighted by atomic mass is 79.9. The summed E-state index contributed by atoms with van der Waals surface area (Å²) in [6.45, 7) is 0. The van der Waals surface area contributed by atoms with Crippen molar-refractivity contribution >= 4 is 15.9 Å². The molecule has 0 spiro atoms. The first kappa shape index (κ1) is 15.7. The maximum absolute atomic E-state index is 4.79. The molecular formula is C21H14BrN3. The van der Waals surface area contributed by atoms with Gasteiger partial charge < -0.3 is 0 Å². The van der Waals surface area contributed by atoms with E-state index in [4.69, 9.17) is 9.97 Å². The summed E-state index contributed by atoms with van der Waals surface area (Å²) in [5.74, 6) is 0.703. The average Bonchev–Trinajstić information content (AvgIpc) is 2.69. The Morgan fingerprint density at radius 1 is 0.600 bits per heavy atom. The Morgan fingerprint density at radius 2 is 1.24 bits per heavy atom. The highest BCUT2D eigenvalue weighted by molar-refractivity contribution is 9.10. The molecule has 25 heavy (non-hydrogen) atoms. The monoisotopic (exact) mass is 387 g/mol. The quantitative estimate of drug-likeness (QED) is 0.456. The van der Waals surface area contributed by atoms with E-state index in [1.54, 1.807) is 12.4 Å². The number of nitrogens with zero attached hydrogens (tertiary/aromatic N) is 3. The number of halogens is 1. The van der Waals surface area contributed by atoms with E-state index in [0.29, 0.717) is 5.82 Å². The molecule has 2 heterocycles. The third-order valence-corrected chi connectivity index (χ3v) is 4.35. The van der Waals surface area contributed by atoms with Crippen molar-refractivity contribution in [2.45, 2.75) is 0 Å². The first-order valence-corrected chi connectivity index (χ1v) is 8.70. The van der Waals surface area contributed by atoms with E-state index in [2.05, 4.69) is 33.0 Å². The summed E-state index contributed by atoms with van der Waals surface area (Å²) in [6.07, 6.45) is 3.55. The normalized spacial score (nSPS) is 10.6. The summed E-state index contributed by atoms with van der Waals surface area (Å²) in [5.41, 5.74) is 4.84. The highest BCUT2D eigenvalue weighted by Gasteiger charge is 2.10. The Labute approximate surface area is 154 Å². The van der Waals surface area contributed by atoms with Crippen LogP contribution in [0.15, 0.2) is 89.7 Å². The molecule has 0 atom stereocenters. The van der Waals surface area contributed by atoms with Crippen molar-refractivity contribution in [2.75, 3.05) is 0 Å². The lowest BCUT2D eigenvalue weighted by molar-refractivity contribution is 1.18. The lowest BCUT2D eigenvalue weighted by Crippen LogP contribution is -1.95. The Morgan fingerprint density at radius 3 is 1.92 bits per heavy atom. The van der Waals surface area contributed by atoms with Crippen molar-refractivity contribution in [3.05, 3.63) is 89.7 Å². The van der Waals surface area contributed by atoms with Crippen molar-refractivity contribution in [1.82, 2.24) is 15.0 Å². The molecule has 2 aromatic carbocycles. The molecule has 0 aliphatic heterocycles. The molecule has 0 N–H and O–H groups in total. The van der Waals surface area contributed by atoms with Gasteiger partial charge in [-0.3, -0.25) is 4.98 Å². The zero-order valence-corrected chi connectivity index (χ0v) is 14.9. The van der Waals surface area contributed by atoms with Crippen LogP contribution < -0.4 is 0 Å².